The summed E-state index contributed by atoms with van der Waals surface area (Å²) in [6.07, 6.45) is 1.00. The molecule has 0 saturated carbocycles. The largest absolute Gasteiger partial charge is 0.480 e. The summed E-state index contributed by atoms with van der Waals surface area (Å²) in [6.45, 7) is 5.49. The van der Waals surface area contributed by atoms with Crippen LogP contribution in [0.1, 0.15) is 52.7 Å². The van der Waals surface area contributed by atoms with Crippen LogP contribution in [0.5, 0.6) is 0 Å². The van der Waals surface area contributed by atoms with E-state index in [4.69, 9.17) is 27.9 Å². The number of hydrogen-bond acceptors (Lipinski definition) is 6. The lowest BCUT2D eigenvalue weighted by Crippen LogP contribution is -2.44. The average molecular weight is 599 g/mol. The van der Waals surface area contributed by atoms with E-state index in [1.807, 2.05) is 50.2 Å². The molecule has 10 heteroatoms. The maximum Gasteiger partial charge on any atom is 0.321 e. The maximum atomic E-state index is 13.9. The minimum absolute atomic E-state index is 0.186. The number of carbonyl (C=O) groups is 3. The first kappa shape index (κ1) is 30.4. The normalized spacial score (nSPS) is 16.2. The molecule has 3 N–H and O–H groups in total. The fourth-order valence-electron chi connectivity index (χ4n) is 5.18. The Morgan fingerprint density at radius 1 is 1.07 bits per heavy atom. The molecular weight excluding hydrogens is 565 g/mol. The van der Waals surface area contributed by atoms with Crippen molar-refractivity contribution in [2.75, 3.05) is 23.3 Å². The van der Waals surface area contributed by atoms with E-state index < -0.39 is 29.5 Å². The molecule has 1 heterocycles. The Morgan fingerprint density at radius 2 is 1.83 bits per heavy atom. The molecule has 3 aromatic carbocycles. The molecule has 0 aromatic heterocycles. The standard InChI is InChI=1S/C31H33Cl2N3O5/c1-18-7-4-5-9-26(18)35-22-11-12-23(19(2)15-22)30(38)36-14-6-8-24(25-16-21(33)10-13-27(25)36)29(31(39)40)34-17-28(37)41-20(3)32/h4-5,7,9-13,15-16,20,24,29,34-35H,6,8,14,17H2,1-3H3,(H,39,40). The molecule has 0 radical (unpaired) electrons. The number of rotatable bonds is 9. The van der Waals surface area contributed by atoms with Crippen LogP contribution in [-0.4, -0.2) is 47.6 Å². The van der Waals surface area contributed by atoms with Crippen LogP contribution in [-0.2, 0) is 14.3 Å². The highest BCUT2D eigenvalue weighted by Gasteiger charge is 2.36. The van der Waals surface area contributed by atoms with Gasteiger partial charge in [0, 0.05) is 40.1 Å². The molecule has 8 nitrogen and oxygen atoms in total. The van der Waals surface area contributed by atoms with E-state index >= 15 is 0 Å². The second-order valence-corrected chi connectivity index (χ2v) is 11.2. The molecule has 41 heavy (non-hydrogen) atoms. The van der Waals surface area contributed by atoms with Crippen molar-refractivity contribution in [3.63, 3.8) is 0 Å². The van der Waals surface area contributed by atoms with Crippen LogP contribution < -0.4 is 15.5 Å². The molecule has 3 aromatic rings. The first-order valence-corrected chi connectivity index (χ1v) is 14.2. The van der Waals surface area contributed by atoms with Gasteiger partial charge in [-0.3, -0.25) is 19.7 Å². The zero-order valence-electron chi connectivity index (χ0n) is 23.1. The first-order valence-electron chi connectivity index (χ1n) is 13.4. The number of esters is 1. The fourth-order valence-corrected chi connectivity index (χ4v) is 5.46. The van der Waals surface area contributed by atoms with Crippen molar-refractivity contribution in [3.8, 4) is 0 Å². The Kier molecular flexibility index (Phi) is 9.91. The summed E-state index contributed by atoms with van der Waals surface area (Å²) in [7, 11) is 0. The molecule has 4 rings (SSSR count). The van der Waals surface area contributed by atoms with Gasteiger partial charge in [-0.1, -0.05) is 41.4 Å². The van der Waals surface area contributed by atoms with Gasteiger partial charge in [0.1, 0.15) is 6.04 Å². The van der Waals surface area contributed by atoms with Crippen molar-refractivity contribution in [3.05, 3.63) is 87.9 Å². The van der Waals surface area contributed by atoms with Crippen LogP contribution in [0.2, 0.25) is 5.02 Å². The van der Waals surface area contributed by atoms with E-state index in [2.05, 4.69) is 10.6 Å². The quantitative estimate of drug-likeness (QED) is 0.193. The molecule has 1 aliphatic rings. The first-order chi connectivity index (χ1) is 19.5. The Balaban J connectivity index is 1.62. The number of nitrogens with zero attached hydrogens (tertiary/aromatic N) is 1. The number of hydrogen-bond donors (Lipinski definition) is 3. The molecule has 0 aliphatic carbocycles. The van der Waals surface area contributed by atoms with Gasteiger partial charge in [0.2, 0.25) is 0 Å². The van der Waals surface area contributed by atoms with E-state index in [1.165, 1.54) is 6.92 Å². The number of fused-ring (bicyclic) bond motifs is 1. The molecule has 0 saturated heterocycles. The van der Waals surface area contributed by atoms with Crippen LogP contribution in [0.25, 0.3) is 0 Å². The number of para-hydroxylation sites is 1. The van der Waals surface area contributed by atoms with Gasteiger partial charge in [0.05, 0.1) is 6.54 Å². The van der Waals surface area contributed by atoms with Crippen molar-refractivity contribution in [2.24, 2.45) is 0 Å². The van der Waals surface area contributed by atoms with Gasteiger partial charge in [-0.15, -0.1) is 0 Å². The van der Waals surface area contributed by atoms with Gasteiger partial charge in [0.25, 0.3) is 5.91 Å². The van der Waals surface area contributed by atoms with Crippen LogP contribution in [0, 0.1) is 13.8 Å². The SMILES string of the molecule is Cc1ccccc1Nc1ccc(C(=O)N2CCCC(C(NCC(=O)OC(C)Cl)C(=O)O)c3cc(Cl)ccc32)c(C)c1. The van der Waals surface area contributed by atoms with Gasteiger partial charge in [-0.2, -0.15) is 0 Å². The van der Waals surface area contributed by atoms with Gasteiger partial charge >= 0.3 is 11.9 Å². The number of carboxylic acids is 1. The number of ether oxygens (including phenoxy) is 1. The topological polar surface area (TPSA) is 108 Å². The third-order valence-electron chi connectivity index (χ3n) is 7.13. The maximum absolute atomic E-state index is 13.9. The molecule has 216 valence electrons. The van der Waals surface area contributed by atoms with Crippen LogP contribution in [0.15, 0.2) is 60.7 Å². The highest BCUT2D eigenvalue weighted by molar-refractivity contribution is 6.30. The van der Waals surface area contributed by atoms with Crippen molar-refractivity contribution in [1.82, 2.24) is 5.32 Å². The fraction of sp³-hybridized carbons (Fsp3) is 0.323. The third-order valence-corrected chi connectivity index (χ3v) is 7.46. The number of anilines is 3. The predicted octanol–water partition coefficient (Wildman–Crippen LogP) is 6.40. The number of aryl methyl sites for hydroxylation is 2. The van der Waals surface area contributed by atoms with Gasteiger partial charge < -0.3 is 20.1 Å². The Morgan fingerprint density at radius 3 is 2.51 bits per heavy atom. The number of carboxylic acid groups (broad SMARTS) is 1. The van der Waals surface area contributed by atoms with E-state index in [1.54, 1.807) is 29.2 Å². The summed E-state index contributed by atoms with van der Waals surface area (Å²) >= 11 is 12.1. The molecule has 0 bridgehead atoms. The van der Waals surface area contributed by atoms with E-state index in [0.29, 0.717) is 41.2 Å². The van der Waals surface area contributed by atoms with Gasteiger partial charge in [-0.25, -0.2) is 0 Å². The summed E-state index contributed by atoms with van der Waals surface area (Å²) in [5.74, 6) is -2.53. The van der Waals surface area contributed by atoms with Crippen molar-refractivity contribution < 1.29 is 24.2 Å². The molecule has 1 amide bonds. The number of alkyl halides is 1. The second kappa shape index (κ2) is 13.4. The summed E-state index contributed by atoms with van der Waals surface area (Å²) in [6, 6.07) is 17.6. The zero-order valence-corrected chi connectivity index (χ0v) is 24.6. The van der Waals surface area contributed by atoms with Crippen molar-refractivity contribution in [1.29, 1.82) is 0 Å². The number of nitrogens with one attached hydrogen (secondary N) is 2. The molecular formula is C31H33Cl2N3O5. The zero-order chi connectivity index (χ0) is 29.7. The molecule has 0 fully saturated rings. The van der Waals surface area contributed by atoms with Crippen molar-refractivity contribution in [2.45, 2.75) is 51.1 Å². The summed E-state index contributed by atoms with van der Waals surface area (Å²) in [5.41, 5.74) is 4.70. The average Bonchev–Trinajstić information content (AvgIpc) is 3.09. The van der Waals surface area contributed by atoms with E-state index in [0.717, 1.165) is 22.5 Å². The van der Waals surface area contributed by atoms with E-state index in [9.17, 15) is 19.5 Å². The number of carbonyl (C=O) groups excluding carboxylic acids is 2. The van der Waals surface area contributed by atoms with Crippen LogP contribution in [0.3, 0.4) is 0 Å². The lowest BCUT2D eigenvalue weighted by molar-refractivity contribution is -0.144. The molecule has 0 spiro atoms. The third kappa shape index (κ3) is 7.38. The monoisotopic (exact) mass is 597 g/mol. The van der Waals surface area contributed by atoms with E-state index in [-0.39, 0.29) is 12.5 Å². The van der Waals surface area contributed by atoms with Crippen molar-refractivity contribution >= 4 is 58.1 Å². The summed E-state index contributed by atoms with van der Waals surface area (Å²) < 4.78 is 4.93. The summed E-state index contributed by atoms with van der Waals surface area (Å²) in [4.78, 5) is 40.0. The van der Waals surface area contributed by atoms with Crippen LogP contribution in [0.4, 0.5) is 17.1 Å². The summed E-state index contributed by atoms with van der Waals surface area (Å²) in [5, 5.41) is 16.7. The number of halogens is 2. The smallest absolute Gasteiger partial charge is 0.321 e. The number of aliphatic carboxylic acids is 1. The molecule has 1 aliphatic heterocycles. The molecule has 3 atom stereocenters. The number of amides is 1. The minimum atomic E-state index is -1.12. The highest BCUT2D eigenvalue weighted by Crippen LogP contribution is 2.39. The Labute approximate surface area is 249 Å². The number of benzene rings is 3. The Bertz CT molecular complexity index is 1450. The highest BCUT2D eigenvalue weighted by atomic mass is 35.5. The minimum Gasteiger partial charge on any atom is -0.480 e. The van der Waals surface area contributed by atoms with Crippen LogP contribution >= 0.6 is 23.2 Å². The van der Waals surface area contributed by atoms with Gasteiger partial charge in [0.15, 0.2) is 5.56 Å². The second-order valence-electron chi connectivity index (χ2n) is 10.1. The lowest BCUT2D eigenvalue weighted by atomic mass is 9.87. The van der Waals surface area contributed by atoms with Gasteiger partial charge in [-0.05, 0) is 92.8 Å². The Hall–Kier alpha value is -3.59. The predicted molar refractivity (Wildman–Crippen MR) is 162 cm³/mol. The lowest BCUT2D eigenvalue weighted by Gasteiger charge is -2.28. The molecule has 3 unspecified atom stereocenters.